The van der Waals surface area contributed by atoms with Crippen molar-refractivity contribution in [3.05, 3.63) is 102 Å². The summed E-state index contributed by atoms with van der Waals surface area (Å²) in [6.45, 7) is 6.42. The second-order valence-corrected chi connectivity index (χ2v) is 7.78. The Hall–Kier alpha value is -2.24. The minimum Gasteiger partial charge on any atom is -0.492 e. The molecule has 1 aliphatic heterocycles. The summed E-state index contributed by atoms with van der Waals surface area (Å²) in [6, 6.07) is 30.7. The van der Waals surface area contributed by atoms with Crippen LogP contribution in [0.4, 0.5) is 0 Å². The molecule has 3 heteroatoms. The molecule has 3 aromatic rings. The molecular weight excluding hydrogens is 373 g/mol. The van der Waals surface area contributed by atoms with Gasteiger partial charge in [0.25, 0.3) is 0 Å². The number of benzene rings is 3. The summed E-state index contributed by atoms with van der Waals surface area (Å²) in [5, 5.41) is 0. The van der Waals surface area contributed by atoms with Crippen LogP contribution in [0, 0.1) is 6.07 Å². The topological polar surface area (TPSA) is 12.5 Å². The summed E-state index contributed by atoms with van der Waals surface area (Å²) in [6.07, 6.45) is 3.61. The average Bonchev–Trinajstić information content (AvgIpc) is 3.33. The van der Waals surface area contributed by atoms with Crippen LogP contribution in [0.5, 0.6) is 5.75 Å². The second kappa shape index (κ2) is 12.0. The second-order valence-electron chi connectivity index (χ2n) is 7.78. The maximum Gasteiger partial charge on any atom is 1.00 e. The smallest absolute Gasteiger partial charge is 0.492 e. The molecule has 0 radical (unpaired) electrons. The normalized spacial score (nSPS) is 14.6. The molecule has 1 aliphatic rings. The molecule has 31 heavy (non-hydrogen) atoms. The third-order valence-corrected chi connectivity index (χ3v) is 5.80. The summed E-state index contributed by atoms with van der Waals surface area (Å²) < 4.78 is 6.02. The van der Waals surface area contributed by atoms with Crippen LogP contribution in [-0.2, 0) is 0 Å². The minimum absolute atomic E-state index is 0. The van der Waals surface area contributed by atoms with Crippen molar-refractivity contribution in [3.63, 3.8) is 0 Å². The van der Waals surface area contributed by atoms with E-state index in [-0.39, 0.29) is 18.9 Å². The maximum absolute atomic E-state index is 6.02. The number of ether oxygens (including phenoxy) is 1. The number of rotatable bonds is 8. The van der Waals surface area contributed by atoms with Crippen molar-refractivity contribution >= 4 is 11.1 Å². The van der Waals surface area contributed by atoms with Gasteiger partial charge in [0.15, 0.2) is 0 Å². The quantitative estimate of drug-likeness (QED) is 0.325. The Bertz CT molecular complexity index is 945. The molecule has 1 fully saturated rings. The fraction of sp³-hybridized carbons (Fsp3) is 0.286. The van der Waals surface area contributed by atoms with E-state index in [1.165, 1.54) is 53.8 Å². The molecule has 4 rings (SSSR count). The van der Waals surface area contributed by atoms with E-state index < -0.39 is 0 Å². The monoisotopic (exact) mass is 403 g/mol. The molecule has 0 bridgehead atoms. The van der Waals surface area contributed by atoms with Crippen LogP contribution < -0.4 is 23.6 Å². The van der Waals surface area contributed by atoms with Crippen LogP contribution >= 0.6 is 0 Å². The predicted octanol–water partition coefficient (Wildman–Crippen LogP) is 3.33. The summed E-state index contributed by atoms with van der Waals surface area (Å²) >= 11 is 0. The molecule has 0 spiro atoms. The molecule has 3 aromatic carbocycles. The number of hydrogen-bond donors (Lipinski definition) is 0. The van der Waals surface area contributed by atoms with Gasteiger partial charge >= 0.3 is 18.9 Å². The van der Waals surface area contributed by atoms with Gasteiger partial charge in [-0.3, -0.25) is 4.90 Å². The molecule has 0 amide bonds. The van der Waals surface area contributed by atoms with E-state index in [1.807, 2.05) is 12.1 Å². The zero-order valence-electron chi connectivity index (χ0n) is 18.8. The van der Waals surface area contributed by atoms with Crippen LogP contribution in [0.15, 0.2) is 78.9 Å². The van der Waals surface area contributed by atoms with Crippen molar-refractivity contribution in [2.45, 2.75) is 26.2 Å². The molecule has 0 atom stereocenters. The Balaban J connectivity index is 0.00000272. The zero-order valence-corrected chi connectivity index (χ0v) is 18.8. The summed E-state index contributed by atoms with van der Waals surface area (Å²) in [7, 11) is 0. The molecule has 2 nitrogen and oxygen atoms in total. The Kier molecular flexibility index (Phi) is 9.04. The van der Waals surface area contributed by atoms with Gasteiger partial charge in [0, 0.05) is 6.54 Å². The number of likely N-dealkylation sites (tertiary alicyclic amines) is 1. The molecule has 0 saturated carbocycles. The van der Waals surface area contributed by atoms with Gasteiger partial charge < -0.3 is 4.74 Å². The van der Waals surface area contributed by atoms with E-state index in [0.29, 0.717) is 0 Å². The maximum atomic E-state index is 6.02. The van der Waals surface area contributed by atoms with Crippen LogP contribution in [-0.4, -0.2) is 31.1 Å². The van der Waals surface area contributed by atoms with Crippen molar-refractivity contribution in [1.82, 2.24) is 4.90 Å². The molecule has 0 aliphatic carbocycles. The first-order chi connectivity index (χ1) is 14.8. The van der Waals surface area contributed by atoms with Crippen LogP contribution in [0.3, 0.4) is 0 Å². The first kappa shape index (κ1) is 23.4. The molecule has 1 heterocycles. The largest absolute Gasteiger partial charge is 1.00 e. The van der Waals surface area contributed by atoms with Crippen molar-refractivity contribution in [1.29, 1.82) is 0 Å². The number of allylic oxidation sites excluding steroid dienone is 1. The van der Waals surface area contributed by atoms with Crippen LogP contribution in [0.2, 0.25) is 0 Å². The van der Waals surface area contributed by atoms with Crippen molar-refractivity contribution < 1.29 is 23.6 Å². The number of hydrogen-bond acceptors (Lipinski definition) is 2. The average molecular weight is 403 g/mol. The van der Waals surface area contributed by atoms with E-state index in [9.17, 15) is 0 Å². The Labute approximate surface area is 199 Å². The van der Waals surface area contributed by atoms with Gasteiger partial charge in [-0.25, -0.2) is 0 Å². The van der Waals surface area contributed by atoms with Gasteiger partial charge in [-0.1, -0.05) is 49.4 Å². The first-order valence-electron chi connectivity index (χ1n) is 11.1. The van der Waals surface area contributed by atoms with Gasteiger partial charge in [-0.05, 0) is 66.8 Å². The van der Waals surface area contributed by atoms with E-state index in [2.05, 4.69) is 84.6 Å². The third-order valence-electron chi connectivity index (χ3n) is 5.80. The van der Waals surface area contributed by atoms with Gasteiger partial charge in [-0.15, -0.1) is 5.56 Å². The third kappa shape index (κ3) is 6.14. The van der Waals surface area contributed by atoms with Gasteiger partial charge in [0.2, 0.25) is 0 Å². The first-order valence-corrected chi connectivity index (χ1v) is 11.1. The number of nitrogens with zero attached hydrogens (tertiary/aromatic N) is 1. The van der Waals surface area contributed by atoms with E-state index >= 15 is 0 Å². The molecular formula is C28H30LiNO. The van der Waals surface area contributed by atoms with Crippen LogP contribution in [0.25, 0.3) is 11.1 Å². The summed E-state index contributed by atoms with van der Waals surface area (Å²) in [5.41, 5.74) is 6.34. The molecule has 0 unspecified atom stereocenters. The van der Waals surface area contributed by atoms with Crippen molar-refractivity contribution in [3.8, 4) is 5.75 Å². The fourth-order valence-corrected chi connectivity index (χ4v) is 4.25. The van der Waals surface area contributed by atoms with Gasteiger partial charge in [-0.2, -0.15) is 30.3 Å². The van der Waals surface area contributed by atoms with E-state index in [0.717, 1.165) is 25.3 Å². The molecule has 0 N–H and O–H groups in total. The Morgan fingerprint density at radius 1 is 0.839 bits per heavy atom. The summed E-state index contributed by atoms with van der Waals surface area (Å²) in [4.78, 5) is 2.48. The molecule has 0 aromatic heterocycles. The Morgan fingerprint density at radius 2 is 1.48 bits per heavy atom. The van der Waals surface area contributed by atoms with Crippen molar-refractivity contribution in [2.24, 2.45) is 0 Å². The summed E-state index contributed by atoms with van der Waals surface area (Å²) in [5.74, 6) is 0.941. The van der Waals surface area contributed by atoms with Crippen LogP contribution in [0.1, 0.15) is 42.9 Å². The zero-order chi connectivity index (χ0) is 20.6. The predicted molar refractivity (Wildman–Crippen MR) is 126 cm³/mol. The molecule has 154 valence electrons. The minimum atomic E-state index is 0. The molecule has 1 saturated heterocycles. The standard InChI is InChI=1S/C28H30NO.Li/c1-2-27(23-11-5-3-6-12-23)28(24-13-7-4-8-14-24)25-15-17-26(18-16-25)30-22-21-29-19-9-10-20-29;/h3,5-8,11-18H,2,9-10,19-22H2,1H3;/q-1;+1/b28-27-;. The Morgan fingerprint density at radius 3 is 2.13 bits per heavy atom. The van der Waals surface area contributed by atoms with Crippen molar-refractivity contribution in [2.75, 3.05) is 26.2 Å². The van der Waals surface area contributed by atoms with E-state index in [4.69, 9.17) is 4.74 Å². The fourth-order valence-electron chi connectivity index (χ4n) is 4.25. The van der Waals surface area contributed by atoms with E-state index in [1.54, 1.807) is 0 Å². The van der Waals surface area contributed by atoms with Gasteiger partial charge in [0.1, 0.15) is 12.4 Å². The SMILES string of the molecule is CC/C(=C(\c1cc[c-]cc1)c1ccc(OCCN2CCCC2)cc1)c1ccccc1.[Li+]. The van der Waals surface area contributed by atoms with Gasteiger partial charge in [0.05, 0.1) is 0 Å².